The molecule has 30 heteroatoms. The van der Waals surface area contributed by atoms with Gasteiger partial charge in [-0.25, -0.2) is 24.2 Å². The van der Waals surface area contributed by atoms with Gasteiger partial charge in [-0.1, -0.05) is 182 Å². The molecular formula is C78H96N6O21Si3. The van der Waals surface area contributed by atoms with Crippen LogP contribution in [0.4, 0.5) is 14.4 Å². The number of nitrogens with one attached hydrogen (secondary N) is 3. The normalized spacial score (nSPS) is 18.8. The van der Waals surface area contributed by atoms with Crippen LogP contribution < -0.4 is 16.0 Å². The van der Waals surface area contributed by atoms with Gasteiger partial charge in [0.05, 0.1) is 44.9 Å². The van der Waals surface area contributed by atoms with Gasteiger partial charge in [0.25, 0.3) is 17.7 Å². The van der Waals surface area contributed by atoms with Gasteiger partial charge < -0.3 is 91.9 Å². The molecule has 0 bridgehead atoms. The first-order valence-corrected chi connectivity index (χ1v) is 41.2. The summed E-state index contributed by atoms with van der Waals surface area (Å²) >= 11 is 0. The lowest BCUT2D eigenvalue weighted by atomic mass is 9.78. The maximum Gasteiger partial charge on any atom is 0.497 e. The topological polar surface area (TPSA) is 342 Å². The van der Waals surface area contributed by atoms with Crippen molar-refractivity contribution in [3.8, 4) is 0 Å². The predicted molar refractivity (Wildman–Crippen MR) is 402 cm³/mol. The number of amides is 6. The van der Waals surface area contributed by atoms with E-state index in [0.29, 0.717) is 39.8 Å². The number of alkyl carbamates (subject to hydrolysis) is 3. The highest BCUT2D eigenvalue weighted by molar-refractivity contribution is 6.59. The smallest absolute Gasteiger partial charge is 0.444 e. The van der Waals surface area contributed by atoms with Gasteiger partial charge in [-0.2, -0.15) is 0 Å². The molecule has 0 aliphatic carbocycles. The van der Waals surface area contributed by atoms with E-state index in [1.165, 1.54) is 68.4 Å². The highest BCUT2D eigenvalue weighted by atomic mass is 28.4. The number of rotatable bonds is 34. The molecule has 3 aliphatic heterocycles. The maximum absolute atomic E-state index is 16.6. The summed E-state index contributed by atoms with van der Waals surface area (Å²) in [4.78, 5) is 127. The van der Waals surface area contributed by atoms with Gasteiger partial charge in [0.1, 0.15) is 40.8 Å². The van der Waals surface area contributed by atoms with Gasteiger partial charge in [-0.3, -0.25) is 14.4 Å². The lowest BCUT2D eigenvalue weighted by Crippen LogP contribution is -2.51. The van der Waals surface area contributed by atoms with Gasteiger partial charge >= 0.3 is 35.9 Å². The first kappa shape index (κ1) is 81.4. The Morgan fingerprint density at radius 3 is 0.926 bits per heavy atom. The summed E-state index contributed by atoms with van der Waals surface area (Å²) in [5, 5.41) is 49.5. The number of aliphatic hydroxyl groups is 3. The van der Waals surface area contributed by atoms with Crippen LogP contribution in [0, 0.1) is 0 Å². The van der Waals surface area contributed by atoms with Gasteiger partial charge in [-0.15, -0.1) is 0 Å². The molecule has 0 spiro atoms. The van der Waals surface area contributed by atoms with Crippen molar-refractivity contribution in [3.63, 3.8) is 0 Å². The number of nitrogens with zero attached hydrogens (tertiary/aromatic N) is 3. The zero-order chi connectivity index (χ0) is 77.1. The Labute approximate surface area is 632 Å². The van der Waals surface area contributed by atoms with Crippen LogP contribution in [-0.4, -0.2) is 227 Å². The third-order valence-electron chi connectivity index (χ3n) is 20.3. The van der Waals surface area contributed by atoms with E-state index in [1.54, 1.807) is 189 Å². The number of carbonyl (C=O) groups excluding carboxylic acids is 6. The van der Waals surface area contributed by atoms with Crippen molar-refractivity contribution < 1.29 is 99.8 Å². The summed E-state index contributed by atoms with van der Waals surface area (Å²) in [5.41, 5.74) is -5.16. The molecular weight excluding hydrogens is 1440 g/mol. The Morgan fingerprint density at radius 2 is 0.685 bits per heavy atom. The molecule has 7 aromatic rings. The summed E-state index contributed by atoms with van der Waals surface area (Å²) in [6.07, 6.45) is -5.54. The standard InChI is InChI=1S/C78H96N6O21Si3/c1-96-105-69(106-97-2)39-42-81-75(90)104-65-50-68(78(93,61-35-21-11-22-36-61)62-37-23-12-24-38-62)84(53-65)72(87)56-46-54(70(85)82-51-63(102-73(88)79-40-25-43-107(94,98-3)99-4)48-66(82)76(91,57-27-13-7-14-28-57)58-29-15-8-16-30-58)45-55(47-56)71(86)83-52-64(103-74(89)80-41-26-44-108(95,100-5)101-6)49-67(83)77(92,59-31-17-9-18-32-59)60-33-19-10-20-34-60/h7-24,27-38,45-47,63-69,91-95H,25-26,39-44,48-53,106H2,1-6H3,(H,79,88)(H,80,89)(H,81,90)/t63-,64-,65-,66+,67+,68+,69?/m1/s1. The van der Waals surface area contributed by atoms with Crippen LogP contribution in [0.5, 0.6) is 0 Å². The average Bonchev–Trinajstić information content (AvgIpc) is 1.52. The number of carbonyl (C=O) groups is 6. The second-order valence-electron chi connectivity index (χ2n) is 26.9. The molecule has 7 atom stereocenters. The molecule has 1 unspecified atom stereocenters. The summed E-state index contributed by atoms with van der Waals surface area (Å²) < 4.78 is 44.7. The van der Waals surface area contributed by atoms with E-state index in [0.717, 1.165) is 0 Å². The van der Waals surface area contributed by atoms with E-state index in [9.17, 15) is 39.3 Å². The Bertz CT molecular complexity index is 3790. The quantitative estimate of drug-likeness (QED) is 0.00686. The molecule has 3 aliphatic rings. The molecule has 7 aromatic carbocycles. The van der Waals surface area contributed by atoms with Gasteiger partial charge in [-0.05, 0) is 70.8 Å². The van der Waals surface area contributed by atoms with Crippen LogP contribution in [0.3, 0.4) is 0 Å². The summed E-state index contributed by atoms with van der Waals surface area (Å²) in [6, 6.07) is 52.4. The molecule has 10 rings (SSSR count). The first-order chi connectivity index (χ1) is 52.1. The lowest BCUT2D eigenvalue weighted by molar-refractivity contribution is -0.288. The zero-order valence-electron chi connectivity index (χ0n) is 61.3. The van der Waals surface area contributed by atoms with E-state index in [-0.39, 0.29) is 100 Å². The third kappa shape index (κ3) is 19.0. The highest BCUT2D eigenvalue weighted by Gasteiger charge is 2.55. The highest BCUT2D eigenvalue weighted by Crippen LogP contribution is 2.46. The minimum atomic E-state index is -3.51. The van der Waals surface area contributed by atoms with Crippen molar-refractivity contribution >= 4 is 63.4 Å². The number of hydrogen-bond acceptors (Lipinski definition) is 21. The van der Waals surface area contributed by atoms with Crippen LogP contribution in [-0.2, 0) is 62.9 Å². The molecule has 0 saturated carbocycles. The van der Waals surface area contributed by atoms with Crippen molar-refractivity contribution in [1.29, 1.82) is 0 Å². The van der Waals surface area contributed by atoms with Crippen LogP contribution in [0.1, 0.15) is 103 Å². The van der Waals surface area contributed by atoms with E-state index in [2.05, 4.69) is 16.0 Å². The van der Waals surface area contributed by atoms with Crippen LogP contribution in [0.25, 0.3) is 0 Å². The molecule has 108 heavy (non-hydrogen) atoms. The molecule has 576 valence electrons. The van der Waals surface area contributed by atoms with Crippen molar-refractivity contribution in [1.82, 2.24) is 30.7 Å². The van der Waals surface area contributed by atoms with Crippen molar-refractivity contribution in [3.05, 3.63) is 250 Å². The Hall–Kier alpha value is -9.07. The van der Waals surface area contributed by atoms with Crippen LogP contribution >= 0.6 is 0 Å². The third-order valence-corrected chi connectivity index (χ3v) is 26.0. The van der Waals surface area contributed by atoms with E-state index in [4.69, 9.17) is 46.1 Å². The second kappa shape index (κ2) is 37.4. The zero-order valence-corrected chi connectivity index (χ0v) is 64.7. The number of benzene rings is 7. The fraction of sp³-hybridized carbons (Fsp3) is 0.385. The Balaban J connectivity index is 1.11. The number of likely N-dealkylation sites (tertiary alicyclic amines) is 3. The monoisotopic (exact) mass is 1540 g/mol. The Kier molecular flexibility index (Phi) is 28.2. The van der Waals surface area contributed by atoms with E-state index >= 15 is 14.4 Å². The number of ether oxygens (including phenoxy) is 3. The van der Waals surface area contributed by atoms with Gasteiger partial charge in [0, 0.05) is 103 Å². The van der Waals surface area contributed by atoms with Gasteiger partial charge in [0.2, 0.25) is 0 Å². The number of hydrogen-bond donors (Lipinski definition) is 8. The minimum Gasteiger partial charge on any atom is -0.444 e. The molecule has 3 fully saturated rings. The molecule has 3 heterocycles. The first-order valence-electron chi connectivity index (χ1n) is 35.8. The van der Waals surface area contributed by atoms with Crippen LogP contribution in [0.2, 0.25) is 12.1 Å². The maximum atomic E-state index is 16.6. The predicted octanol–water partition coefficient (Wildman–Crippen LogP) is 6.68. The Morgan fingerprint density at radius 1 is 0.426 bits per heavy atom. The van der Waals surface area contributed by atoms with E-state index in [1.807, 2.05) is 0 Å². The average molecular weight is 1540 g/mol. The van der Waals surface area contributed by atoms with Crippen molar-refractivity contribution in [2.24, 2.45) is 0 Å². The van der Waals surface area contributed by atoms with Crippen molar-refractivity contribution in [2.75, 3.05) is 81.9 Å². The molecule has 6 amide bonds. The molecule has 0 radical (unpaired) electrons. The minimum absolute atomic E-state index is 0.0348. The molecule has 3 saturated heterocycles. The van der Waals surface area contributed by atoms with Crippen LogP contribution in [0.15, 0.2) is 200 Å². The largest absolute Gasteiger partial charge is 0.497 e. The molecule has 27 nitrogen and oxygen atoms in total. The van der Waals surface area contributed by atoms with E-state index < -0.39 is 122 Å². The molecule has 0 aromatic heterocycles. The molecule has 8 N–H and O–H groups in total. The fourth-order valence-corrected chi connectivity index (χ4v) is 18.1. The fourth-order valence-electron chi connectivity index (χ4n) is 14.8. The lowest BCUT2D eigenvalue weighted by Gasteiger charge is -2.40. The summed E-state index contributed by atoms with van der Waals surface area (Å²) in [6.45, 7) is -0.861. The summed E-state index contributed by atoms with van der Waals surface area (Å²) in [5.74, 6) is -2.51. The second-order valence-corrected chi connectivity index (χ2v) is 34.2. The van der Waals surface area contributed by atoms with Crippen molar-refractivity contribution in [2.45, 2.75) is 110 Å². The summed E-state index contributed by atoms with van der Waals surface area (Å²) in [7, 11) is 0.0275. The SMILES string of the molecule is COOC(CCNC(=O)O[C@@H]1C[C@@H](C(O)(c2ccccc2)c2ccccc2)N(C(=O)c2cc(C(=O)N3C[C@H](OC(=O)NCCC[Si](O)(OC)OC)C[C@H]3C(O)(c3ccccc3)c3ccccc3)cc(C(=O)N3C[C@H](OC(=O)NCCC[Si](O)(OC)OC)C[C@H]3C(O)(c3ccccc3)c3ccccc3)c2)C1)[SiH2]OC. The van der Waals surface area contributed by atoms with Gasteiger partial charge in [0.15, 0.2) is 9.76 Å².